The molecule has 4 rings (SSSR count). The van der Waals surface area contributed by atoms with Gasteiger partial charge in [-0.15, -0.1) is 0 Å². The number of rotatable bonds is 4. The summed E-state index contributed by atoms with van der Waals surface area (Å²) in [6, 6.07) is 16.3. The second-order valence-electron chi connectivity index (χ2n) is 5.44. The molecule has 23 heavy (non-hydrogen) atoms. The molecule has 0 N–H and O–H groups in total. The number of nitriles is 1. The smallest absolute Gasteiger partial charge is 0.231 e. The lowest BCUT2D eigenvalue weighted by Crippen LogP contribution is -2.04. The first kappa shape index (κ1) is 13.6. The van der Waals surface area contributed by atoms with Crippen molar-refractivity contribution < 1.29 is 9.47 Å². The first-order chi connectivity index (χ1) is 11.3. The third kappa shape index (κ3) is 2.49. The van der Waals surface area contributed by atoms with Gasteiger partial charge in [-0.1, -0.05) is 30.3 Å². The predicted octanol–water partition coefficient (Wildman–Crippen LogP) is 3.27. The van der Waals surface area contributed by atoms with E-state index in [0.29, 0.717) is 13.0 Å². The molecule has 5 heteroatoms. The molecule has 0 saturated heterocycles. The fourth-order valence-electron chi connectivity index (χ4n) is 2.89. The van der Waals surface area contributed by atoms with Crippen LogP contribution < -0.4 is 9.47 Å². The number of aryl methyl sites for hydroxylation is 1. The molecule has 0 bridgehead atoms. The van der Waals surface area contributed by atoms with E-state index in [9.17, 15) is 0 Å². The Bertz CT molecular complexity index is 894. The summed E-state index contributed by atoms with van der Waals surface area (Å²) in [6.45, 7) is 0.867. The number of fused-ring (bicyclic) bond motifs is 2. The Morgan fingerprint density at radius 3 is 2.70 bits per heavy atom. The zero-order valence-electron chi connectivity index (χ0n) is 12.5. The summed E-state index contributed by atoms with van der Waals surface area (Å²) in [7, 11) is 0. The first-order valence-corrected chi connectivity index (χ1v) is 7.55. The second-order valence-corrected chi connectivity index (χ2v) is 5.44. The van der Waals surface area contributed by atoms with Crippen LogP contribution in [0.3, 0.4) is 0 Å². The number of imidazole rings is 1. The Labute approximate surface area is 133 Å². The van der Waals surface area contributed by atoms with Crippen molar-refractivity contribution in [3.05, 3.63) is 53.9 Å². The molecule has 5 nitrogen and oxygen atoms in total. The Morgan fingerprint density at radius 2 is 1.91 bits per heavy atom. The zero-order valence-corrected chi connectivity index (χ0v) is 12.5. The molecule has 0 aliphatic carbocycles. The molecule has 3 aromatic rings. The number of nitrogens with zero attached hydrogens (tertiary/aromatic N) is 3. The molecule has 0 fully saturated rings. The molecule has 1 aliphatic heterocycles. The van der Waals surface area contributed by atoms with Crippen LogP contribution in [0.2, 0.25) is 0 Å². The van der Waals surface area contributed by atoms with E-state index in [4.69, 9.17) is 19.7 Å². The average Bonchev–Trinajstić information content (AvgIpc) is 3.15. The Kier molecular flexibility index (Phi) is 3.35. The van der Waals surface area contributed by atoms with E-state index in [1.54, 1.807) is 0 Å². The third-order valence-corrected chi connectivity index (χ3v) is 3.97. The van der Waals surface area contributed by atoms with Gasteiger partial charge in [0.1, 0.15) is 5.82 Å². The van der Waals surface area contributed by atoms with Crippen LogP contribution in [-0.4, -0.2) is 16.3 Å². The lowest BCUT2D eigenvalue weighted by atomic mass is 10.1. The van der Waals surface area contributed by atoms with Crippen molar-refractivity contribution in [2.24, 2.45) is 0 Å². The highest BCUT2D eigenvalue weighted by molar-refractivity contribution is 5.81. The number of hydrogen-bond donors (Lipinski definition) is 0. The van der Waals surface area contributed by atoms with Gasteiger partial charge in [0.25, 0.3) is 0 Å². The summed E-state index contributed by atoms with van der Waals surface area (Å²) >= 11 is 0. The Morgan fingerprint density at radius 1 is 1.13 bits per heavy atom. The van der Waals surface area contributed by atoms with Crippen LogP contribution in [0.1, 0.15) is 17.8 Å². The van der Waals surface area contributed by atoms with Gasteiger partial charge in [0, 0.05) is 25.1 Å². The van der Waals surface area contributed by atoms with E-state index in [2.05, 4.69) is 22.8 Å². The minimum absolute atomic E-state index is 0.247. The minimum atomic E-state index is 0.247. The molecule has 2 heterocycles. The summed E-state index contributed by atoms with van der Waals surface area (Å²) in [5.41, 5.74) is 3.05. The van der Waals surface area contributed by atoms with E-state index in [-0.39, 0.29) is 6.79 Å². The van der Waals surface area contributed by atoms with Gasteiger partial charge in [0.05, 0.1) is 23.5 Å². The fourth-order valence-corrected chi connectivity index (χ4v) is 2.89. The lowest BCUT2D eigenvalue weighted by Gasteiger charge is -2.07. The second kappa shape index (κ2) is 5.65. The van der Waals surface area contributed by atoms with Gasteiger partial charge in [-0.05, 0) is 5.56 Å². The molecular weight excluding hydrogens is 290 g/mol. The molecule has 0 radical (unpaired) electrons. The minimum Gasteiger partial charge on any atom is -0.454 e. The van der Waals surface area contributed by atoms with E-state index in [1.165, 1.54) is 5.56 Å². The van der Waals surface area contributed by atoms with Crippen LogP contribution in [-0.2, 0) is 13.0 Å². The van der Waals surface area contributed by atoms with Gasteiger partial charge in [-0.2, -0.15) is 5.26 Å². The topological polar surface area (TPSA) is 60.1 Å². The van der Waals surface area contributed by atoms with Gasteiger partial charge >= 0.3 is 0 Å². The van der Waals surface area contributed by atoms with Crippen LogP contribution in [0, 0.1) is 11.3 Å². The Hall–Kier alpha value is -3.00. The summed E-state index contributed by atoms with van der Waals surface area (Å²) in [4.78, 5) is 4.76. The average molecular weight is 305 g/mol. The van der Waals surface area contributed by atoms with Crippen molar-refractivity contribution in [1.29, 1.82) is 5.26 Å². The van der Waals surface area contributed by atoms with Gasteiger partial charge in [-0.3, -0.25) is 0 Å². The highest BCUT2D eigenvalue weighted by atomic mass is 16.7. The van der Waals surface area contributed by atoms with Crippen LogP contribution >= 0.6 is 0 Å². The van der Waals surface area contributed by atoms with Crippen molar-refractivity contribution in [3.63, 3.8) is 0 Å². The molecule has 1 aliphatic rings. The molecule has 0 atom stereocenters. The SMILES string of the molecule is N#CCCn1c(Cc2ccccc2)nc2cc3c(cc21)OCO3. The van der Waals surface area contributed by atoms with Crippen molar-refractivity contribution in [1.82, 2.24) is 9.55 Å². The molecule has 0 spiro atoms. The lowest BCUT2D eigenvalue weighted by molar-refractivity contribution is 0.174. The molecule has 2 aromatic carbocycles. The number of benzene rings is 2. The van der Waals surface area contributed by atoms with Crippen molar-refractivity contribution in [2.45, 2.75) is 19.4 Å². The normalized spacial score (nSPS) is 12.5. The number of ether oxygens (including phenoxy) is 2. The van der Waals surface area contributed by atoms with Gasteiger partial charge < -0.3 is 14.0 Å². The predicted molar refractivity (Wildman–Crippen MR) is 85.3 cm³/mol. The van der Waals surface area contributed by atoms with Crippen LogP contribution in [0.15, 0.2) is 42.5 Å². The van der Waals surface area contributed by atoms with Gasteiger partial charge in [0.15, 0.2) is 11.5 Å². The van der Waals surface area contributed by atoms with Crippen LogP contribution in [0.5, 0.6) is 11.5 Å². The standard InChI is InChI=1S/C18H15N3O2/c19-7-4-8-21-15-11-17-16(22-12-23-17)10-14(15)20-18(21)9-13-5-2-1-3-6-13/h1-3,5-6,10-11H,4,8-9,12H2. The molecule has 0 saturated carbocycles. The van der Waals surface area contributed by atoms with E-state index < -0.39 is 0 Å². The zero-order chi connectivity index (χ0) is 15.6. The van der Waals surface area contributed by atoms with Crippen molar-refractivity contribution in [2.75, 3.05) is 6.79 Å². The van der Waals surface area contributed by atoms with Crippen LogP contribution in [0.25, 0.3) is 11.0 Å². The van der Waals surface area contributed by atoms with E-state index >= 15 is 0 Å². The highest BCUT2D eigenvalue weighted by Gasteiger charge is 2.19. The van der Waals surface area contributed by atoms with E-state index in [0.717, 1.165) is 34.8 Å². The van der Waals surface area contributed by atoms with Crippen molar-refractivity contribution >= 4 is 11.0 Å². The Balaban J connectivity index is 1.80. The highest BCUT2D eigenvalue weighted by Crippen LogP contribution is 2.36. The quantitative estimate of drug-likeness (QED) is 0.742. The summed E-state index contributed by atoms with van der Waals surface area (Å²) in [5.74, 6) is 2.42. The molecule has 1 aromatic heterocycles. The molecule has 0 amide bonds. The van der Waals surface area contributed by atoms with Crippen molar-refractivity contribution in [3.8, 4) is 17.6 Å². The third-order valence-electron chi connectivity index (χ3n) is 3.97. The first-order valence-electron chi connectivity index (χ1n) is 7.55. The molecular formula is C18H15N3O2. The fraction of sp³-hybridized carbons (Fsp3) is 0.222. The maximum absolute atomic E-state index is 8.94. The summed E-state index contributed by atoms with van der Waals surface area (Å²) in [5, 5.41) is 8.94. The maximum Gasteiger partial charge on any atom is 0.231 e. The molecule has 114 valence electrons. The summed E-state index contributed by atoms with van der Waals surface area (Å²) in [6.07, 6.45) is 1.18. The maximum atomic E-state index is 8.94. The number of aromatic nitrogens is 2. The molecule has 0 unspecified atom stereocenters. The van der Waals surface area contributed by atoms with E-state index in [1.807, 2.05) is 30.3 Å². The largest absolute Gasteiger partial charge is 0.454 e. The number of hydrogen-bond acceptors (Lipinski definition) is 4. The van der Waals surface area contributed by atoms with Gasteiger partial charge in [-0.25, -0.2) is 4.98 Å². The van der Waals surface area contributed by atoms with Crippen LogP contribution in [0.4, 0.5) is 0 Å². The summed E-state index contributed by atoms with van der Waals surface area (Å²) < 4.78 is 13.0. The monoisotopic (exact) mass is 305 g/mol. The van der Waals surface area contributed by atoms with Gasteiger partial charge in [0.2, 0.25) is 6.79 Å².